The monoisotopic (exact) mass is 378 g/mol. The van der Waals surface area contributed by atoms with Crippen molar-refractivity contribution in [1.29, 1.82) is 0 Å². The van der Waals surface area contributed by atoms with Gasteiger partial charge in [0.1, 0.15) is 5.57 Å². The Morgan fingerprint density at radius 2 is 1.92 bits per heavy atom. The third-order valence-corrected chi connectivity index (χ3v) is 4.78. The molecule has 2 amide bonds. The molecule has 2 aromatic rings. The highest BCUT2D eigenvalue weighted by Gasteiger charge is 2.32. The quantitative estimate of drug-likeness (QED) is 0.294. The average molecular weight is 378 g/mol. The van der Waals surface area contributed by atoms with Gasteiger partial charge in [0.25, 0.3) is 11.8 Å². The van der Waals surface area contributed by atoms with Gasteiger partial charge in [-0.3, -0.25) is 19.8 Å². The summed E-state index contributed by atoms with van der Waals surface area (Å²) in [5.74, 6) is 5.25. The minimum atomic E-state index is -0.495. The topological polar surface area (TPSA) is 49.4 Å². The van der Waals surface area contributed by atoms with E-state index in [4.69, 9.17) is 12.2 Å². The smallest absolute Gasteiger partial charge is 0.265 e. The summed E-state index contributed by atoms with van der Waals surface area (Å²) in [6.07, 6.45) is 3.12. The molecule has 1 aromatic heterocycles. The van der Waals surface area contributed by atoms with Gasteiger partial charge < -0.3 is 0 Å². The first-order valence-electron chi connectivity index (χ1n) is 7.75. The summed E-state index contributed by atoms with van der Waals surface area (Å²) in [6, 6.07) is 13.4. The lowest BCUT2D eigenvalue weighted by Gasteiger charge is -2.27. The number of nitrogens with zero attached hydrogens (tertiary/aromatic N) is 1. The number of hydrogen-bond acceptors (Lipinski definition) is 4. The maximum Gasteiger partial charge on any atom is 0.265 e. The lowest BCUT2D eigenvalue weighted by Crippen LogP contribution is -2.53. The van der Waals surface area contributed by atoms with Gasteiger partial charge in [-0.15, -0.1) is 17.9 Å². The molecule has 3 rings (SSSR count). The zero-order valence-electron chi connectivity index (χ0n) is 13.7. The number of nitrogens with one attached hydrogen (secondary N) is 1. The van der Waals surface area contributed by atoms with Crippen LogP contribution in [0.25, 0.3) is 6.08 Å². The van der Waals surface area contributed by atoms with Crippen molar-refractivity contribution >= 4 is 46.6 Å². The van der Waals surface area contributed by atoms with Crippen molar-refractivity contribution in [3.8, 4) is 11.8 Å². The molecule has 0 saturated carbocycles. The molecule has 0 atom stereocenters. The second-order valence-corrected chi connectivity index (χ2v) is 6.84. The molecule has 1 aliphatic heterocycles. The van der Waals surface area contributed by atoms with E-state index in [1.165, 1.54) is 16.2 Å². The first-order valence-corrected chi connectivity index (χ1v) is 8.97. The molecule has 6 heteroatoms. The predicted molar refractivity (Wildman–Crippen MR) is 107 cm³/mol. The van der Waals surface area contributed by atoms with E-state index in [2.05, 4.69) is 23.7 Å². The minimum absolute atomic E-state index is 0.0462. The summed E-state index contributed by atoms with van der Waals surface area (Å²) >= 11 is 6.44. The van der Waals surface area contributed by atoms with Gasteiger partial charge in [-0.1, -0.05) is 36.1 Å². The highest BCUT2D eigenvalue weighted by Crippen LogP contribution is 2.21. The van der Waals surface area contributed by atoms with Crippen molar-refractivity contribution in [2.24, 2.45) is 0 Å². The standard InChI is InChI=1S/C20H14N2O2S2/c1-2-12-22-19(24)17(18(23)21-20(22)25)13-16-11-10-15(26-16)9-8-14-6-4-3-5-7-14/h2-7,10-11,13H,1,12H2,(H,21,23,25)/b17-13+. The third kappa shape index (κ3) is 3.97. The third-order valence-electron chi connectivity index (χ3n) is 3.51. The summed E-state index contributed by atoms with van der Waals surface area (Å²) in [7, 11) is 0. The Labute approximate surface area is 160 Å². The number of carbonyl (C=O) groups excluding carboxylic acids is 2. The summed E-state index contributed by atoms with van der Waals surface area (Å²) < 4.78 is 0. The largest absolute Gasteiger partial charge is 0.298 e. The van der Waals surface area contributed by atoms with Gasteiger partial charge in [0.2, 0.25) is 0 Å². The number of hydrogen-bond donors (Lipinski definition) is 1. The minimum Gasteiger partial charge on any atom is -0.298 e. The molecule has 0 radical (unpaired) electrons. The fraction of sp³-hybridized carbons (Fsp3) is 0.0500. The molecule has 0 bridgehead atoms. The summed E-state index contributed by atoms with van der Waals surface area (Å²) in [4.78, 5) is 27.5. The normalized spacial score (nSPS) is 15.5. The lowest BCUT2D eigenvalue weighted by atomic mass is 10.1. The molecule has 0 spiro atoms. The number of thiocarbonyl (C=S) groups is 1. The molecule has 1 aromatic carbocycles. The molecule has 0 aliphatic carbocycles. The first kappa shape index (κ1) is 17.8. The Morgan fingerprint density at radius 3 is 2.65 bits per heavy atom. The lowest BCUT2D eigenvalue weighted by molar-refractivity contribution is -0.128. The zero-order chi connectivity index (χ0) is 18.5. The van der Waals surface area contributed by atoms with E-state index in [1.807, 2.05) is 42.5 Å². The molecule has 1 N–H and O–H groups in total. The molecular weight excluding hydrogens is 364 g/mol. The number of amides is 2. The van der Waals surface area contributed by atoms with E-state index in [0.717, 1.165) is 15.3 Å². The van der Waals surface area contributed by atoms with E-state index in [9.17, 15) is 9.59 Å². The number of thiophene rings is 1. The van der Waals surface area contributed by atoms with Crippen molar-refractivity contribution < 1.29 is 9.59 Å². The van der Waals surface area contributed by atoms with Crippen molar-refractivity contribution in [3.63, 3.8) is 0 Å². The van der Waals surface area contributed by atoms with Crippen LogP contribution >= 0.6 is 23.6 Å². The number of rotatable bonds is 3. The van der Waals surface area contributed by atoms with Crippen LogP contribution in [0.15, 0.2) is 60.7 Å². The van der Waals surface area contributed by atoms with Crippen LogP contribution in [0.2, 0.25) is 0 Å². The van der Waals surface area contributed by atoms with Gasteiger partial charge in [0.15, 0.2) is 5.11 Å². The van der Waals surface area contributed by atoms with Crippen LogP contribution in [-0.4, -0.2) is 28.4 Å². The van der Waals surface area contributed by atoms with Crippen molar-refractivity contribution in [3.05, 3.63) is 76.0 Å². The van der Waals surface area contributed by atoms with Gasteiger partial charge in [-0.25, -0.2) is 0 Å². The Morgan fingerprint density at radius 1 is 1.15 bits per heavy atom. The maximum absolute atomic E-state index is 12.5. The van der Waals surface area contributed by atoms with E-state index in [1.54, 1.807) is 12.2 Å². The average Bonchev–Trinajstić information content (AvgIpc) is 3.09. The Bertz CT molecular complexity index is 978. The predicted octanol–water partition coefficient (Wildman–Crippen LogP) is 2.96. The van der Waals surface area contributed by atoms with Gasteiger partial charge in [0.05, 0.1) is 4.88 Å². The Balaban J connectivity index is 1.84. The molecule has 26 heavy (non-hydrogen) atoms. The van der Waals surface area contributed by atoms with Crippen LogP contribution in [0.4, 0.5) is 0 Å². The maximum atomic E-state index is 12.5. The second kappa shape index (κ2) is 7.91. The van der Waals surface area contributed by atoms with Crippen LogP contribution in [-0.2, 0) is 9.59 Å². The highest BCUT2D eigenvalue weighted by molar-refractivity contribution is 7.80. The van der Waals surface area contributed by atoms with Crippen molar-refractivity contribution in [2.75, 3.05) is 6.54 Å². The molecule has 4 nitrogen and oxygen atoms in total. The van der Waals surface area contributed by atoms with E-state index in [-0.39, 0.29) is 17.2 Å². The Kier molecular flexibility index (Phi) is 5.42. The fourth-order valence-electron chi connectivity index (χ4n) is 2.28. The SMILES string of the molecule is C=CCN1C(=O)/C(=C/c2ccc(C#Cc3ccccc3)s2)C(=O)NC1=S. The van der Waals surface area contributed by atoms with Crippen LogP contribution in [0.3, 0.4) is 0 Å². The van der Waals surface area contributed by atoms with Crippen molar-refractivity contribution in [1.82, 2.24) is 10.2 Å². The summed E-state index contributed by atoms with van der Waals surface area (Å²) in [5, 5.41) is 2.62. The zero-order valence-corrected chi connectivity index (χ0v) is 15.3. The summed E-state index contributed by atoms with van der Waals surface area (Å²) in [5.41, 5.74) is 0.973. The summed E-state index contributed by atoms with van der Waals surface area (Å²) in [6.45, 7) is 3.85. The first-order chi connectivity index (χ1) is 12.6. The molecule has 128 valence electrons. The molecule has 0 unspecified atom stereocenters. The van der Waals surface area contributed by atoms with Gasteiger partial charge in [-0.2, -0.15) is 0 Å². The van der Waals surface area contributed by atoms with Crippen LogP contribution in [0, 0.1) is 11.8 Å². The van der Waals surface area contributed by atoms with E-state index in [0.29, 0.717) is 0 Å². The Hall–Kier alpha value is -3.01. The highest BCUT2D eigenvalue weighted by atomic mass is 32.1. The van der Waals surface area contributed by atoms with E-state index >= 15 is 0 Å². The molecular formula is C20H14N2O2S2. The molecule has 2 heterocycles. The van der Waals surface area contributed by atoms with Gasteiger partial charge in [0, 0.05) is 17.0 Å². The van der Waals surface area contributed by atoms with E-state index < -0.39 is 11.8 Å². The van der Waals surface area contributed by atoms with Crippen molar-refractivity contribution in [2.45, 2.75) is 0 Å². The second-order valence-electron chi connectivity index (χ2n) is 5.34. The van der Waals surface area contributed by atoms with Crippen LogP contribution in [0.1, 0.15) is 15.3 Å². The molecule has 1 fully saturated rings. The number of benzene rings is 1. The van der Waals surface area contributed by atoms with Gasteiger partial charge in [-0.05, 0) is 42.6 Å². The van der Waals surface area contributed by atoms with Crippen LogP contribution in [0.5, 0.6) is 0 Å². The molecule has 1 aliphatic rings. The fourth-order valence-corrected chi connectivity index (χ4v) is 3.34. The molecule has 1 saturated heterocycles. The number of carbonyl (C=O) groups is 2. The van der Waals surface area contributed by atoms with Gasteiger partial charge >= 0.3 is 0 Å². The van der Waals surface area contributed by atoms with Crippen LogP contribution < -0.4 is 5.32 Å².